The number of hydrogen-bond donors (Lipinski definition) is 2. The van der Waals surface area contributed by atoms with Gasteiger partial charge in [-0.2, -0.15) is 0 Å². The summed E-state index contributed by atoms with van der Waals surface area (Å²) in [6.07, 6.45) is 2.47. The monoisotopic (exact) mass is 225 g/mol. The lowest BCUT2D eigenvalue weighted by Crippen LogP contribution is -2.08. The zero-order valence-corrected chi connectivity index (χ0v) is 9.09. The lowest BCUT2D eigenvalue weighted by molar-refractivity contribution is -0.388. The topological polar surface area (TPSA) is 88.3 Å². The predicted octanol–water partition coefficient (Wildman–Crippen LogP) is 1.56. The van der Waals surface area contributed by atoms with Gasteiger partial charge >= 0.3 is 5.82 Å². The molecule has 6 nitrogen and oxygen atoms in total. The minimum absolute atomic E-state index is 0.167. The molecule has 88 valence electrons. The van der Waals surface area contributed by atoms with Gasteiger partial charge in [-0.05, 0) is 41.8 Å². The lowest BCUT2D eigenvalue weighted by atomic mass is 10.2. The van der Waals surface area contributed by atoms with Gasteiger partial charge in [0.05, 0.1) is 6.10 Å². The fourth-order valence-corrected chi connectivity index (χ4v) is 1.30. The summed E-state index contributed by atoms with van der Waals surface area (Å²) in [4.78, 5) is 13.8. The van der Waals surface area contributed by atoms with Gasteiger partial charge in [-0.1, -0.05) is 0 Å². The number of anilines is 1. The Bertz CT molecular complexity index is 355. The molecule has 0 aliphatic rings. The molecule has 1 aromatic heterocycles. The van der Waals surface area contributed by atoms with E-state index in [1.165, 1.54) is 6.20 Å². The largest absolute Gasteiger partial charge is 0.393 e. The Morgan fingerprint density at radius 2 is 2.44 bits per heavy atom. The fraction of sp³-hybridized carbons (Fsp3) is 0.500. The quantitative estimate of drug-likeness (QED) is 0.435. The first-order chi connectivity index (χ1) is 7.61. The summed E-state index contributed by atoms with van der Waals surface area (Å²) in [5, 5.41) is 22.6. The van der Waals surface area contributed by atoms with Gasteiger partial charge < -0.3 is 20.5 Å². The molecule has 0 amide bonds. The third-order valence-corrected chi connectivity index (χ3v) is 2.07. The average molecular weight is 225 g/mol. The number of aliphatic hydroxyl groups excluding tert-OH is 1. The third kappa shape index (κ3) is 3.82. The van der Waals surface area contributed by atoms with Gasteiger partial charge in [0.1, 0.15) is 11.9 Å². The lowest BCUT2D eigenvalue weighted by Gasteiger charge is -2.07. The summed E-state index contributed by atoms with van der Waals surface area (Å²) in [5.41, 5.74) is 0.415. The first-order valence-corrected chi connectivity index (χ1v) is 5.12. The molecule has 1 unspecified atom stereocenters. The zero-order valence-electron chi connectivity index (χ0n) is 9.09. The van der Waals surface area contributed by atoms with Crippen LogP contribution in [0.5, 0.6) is 0 Å². The first kappa shape index (κ1) is 12.4. The van der Waals surface area contributed by atoms with E-state index in [2.05, 4.69) is 10.3 Å². The van der Waals surface area contributed by atoms with Crippen LogP contribution < -0.4 is 5.32 Å². The van der Waals surface area contributed by atoms with E-state index in [0.717, 1.165) is 6.42 Å². The molecule has 0 aliphatic carbocycles. The number of aliphatic hydroxyl groups is 1. The van der Waals surface area contributed by atoms with Crippen LogP contribution in [0.1, 0.15) is 19.8 Å². The van der Waals surface area contributed by atoms with E-state index in [0.29, 0.717) is 18.7 Å². The summed E-state index contributed by atoms with van der Waals surface area (Å²) >= 11 is 0. The molecule has 0 aromatic carbocycles. The molecule has 1 aromatic rings. The Morgan fingerprint density at radius 3 is 3.06 bits per heavy atom. The highest BCUT2D eigenvalue weighted by Crippen LogP contribution is 2.19. The molecule has 0 spiro atoms. The van der Waals surface area contributed by atoms with Crippen LogP contribution in [0.2, 0.25) is 0 Å². The molecule has 0 fully saturated rings. The Morgan fingerprint density at radius 1 is 1.69 bits per heavy atom. The maximum absolute atomic E-state index is 10.6. The number of rotatable bonds is 6. The molecule has 1 atom stereocenters. The molecule has 0 bridgehead atoms. The van der Waals surface area contributed by atoms with E-state index in [-0.39, 0.29) is 11.9 Å². The zero-order chi connectivity index (χ0) is 12.0. The van der Waals surface area contributed by atoms with E-state index >= 15 is 0 Å². The predicted molar refractivity (Wildman–Crippen MR) is 60.3 cm³/mol. The van der Waals surface area contributed by atoms with Crippen molar-refractivity contribution >= 4 is 11.5 Å². The smallest absolute Gasteiger partial charge is 0.386 e. The van der Waals surface area contributed by atoms with Crippen LogP contribution in [0.15, 0.2) is 18.3 Å². The molecule has 6 heteroatoms. The molecule has 16 heavy (non-hydrogen) atoms. The molecular formula is C10H15N3O3. The maximum atomic E-state index is 10.6. The summed E-state index contributed by atoms with van der Waals surface area (Å²) in [6, 6.07) is 3.26. The Balaban J connectivity index is 2.50. The Hall–Kier alpha value is -1.69. The fourth-order valence-electron chi connectivity index (χ4n) is 1.30. The number of hydrogen-bond acceptors (Lipinski definition) is 5. The van der Waals surface area contributed by atoms with Crippen molar-refractivity contribution in [3.63, 3.8) is 0 Å². The van der Waals surface area contributed by atoms with E-state index < -0.39 is 4.92 Å². The molecule has 1 heterocycles. The van der Waals surface area contributed by atoms with Crippen molar-refractivity contribution in [3.05, 3.63) is 28.4 Å². The van der Waals surface area contributed by atoms with Gasteiger partial charge in [-0.3, -0.25) is 0 Å². The van der Waals surface area contributed by atoms with Crippen molar-refractivity contribution in [3.8, 4) is 0 Å². The van der Waals surface area contributed by atoms with Crippen LogP contribution in [0.4, 0.5) is 11.5 Å². The molecule has 0 aliphatic heterocycles. The van der Waals surface area contributed by atoms with Crippen LogP contribution >= 0.6 is 0 Å². The second-order valence-corrected chi connectivity index (χ2v) is 3.55. The van der Waals surface area contributed by atoms with Gasteiger partial charge in [0.25, 0.3) is 0 Å². The third-order valence-electron chi connectivity index (χ3n) is 2.07. The van der Waals surface area contributed by atoms with E-state index in [1.807, 2.05) is 0 Å². The number of aromatic nitrogens is 1. The number of nitrogens with one attached hydrogen (secondary N) is 1. The SMILES string of the molecule is CC(O)CCCNc1cccnc1[N+](=O)[O-]. The molecule has 0 saturated heterocycles. The highest BCUT2D eigenvalue weighted by Gasteiger charge is 2.12. The van der Waals surface area contributed by atoms with Crippen molar-refractivity contribution in [2.24, 2.45) is 0 Å². The van der Waals surface area contributed by atoms with Crippen LogP contribution in [-0.2, 0) is 0 Å². The molecule has 0 saturated carbocycles. The standard InChI is InChI=1S/C10H15N3O3/c1-8(14)4-2-6-11-9-5-3-7-12-10(9)13(15)16/h3,5,7-8,11,14H,2,4,6H2,1H3. The minimum Gasteiger partial charge on any atom is -0.393 e. The highest BCUT2D eigenvalue weighted by atomic mass is 16.6. The second-order valence-electron chi connectivity index (χ2n) is 3.55. The summed E-state index contributed by atoms with van der Waals surface area (Å²) in [7, 11) is 0. The minimum atomic E-state index is -0.517. The van der Waals surface area contributed by atoms with Gasteiger partial charge in [0.2, 0.25) is 0 Å². The van der Waals surface area contributed by atoms with Crippen molar-refractivity contribution < 1.29 is 10.0 Å². The van der Waals surface area contributed by atoms with Crippen LogP contribution in [0.3, 0.4) is 0 Å². The molecule has 1 rings (SSSR count). The highest BCUT2D eigenvalue weighted by molar-refractivity contribution is 5.56. The first-order valence-electron chi connectivity index (χ1n) is 5.12. The van der Waals surface area contributed by atoms with Gasteiger partial charge in [-0.15, -0.1) is 0 Å². The summed E-state index contributed by atoms with van der Waals surface area (Å²) < 4.78 is 0. The maximum Gasteiger partial charge on any atom is 0.386 e. The van der Waals surface area contributed by atoms with E-state index in [4.69, 9.17) is 5.11 Å². The molecular weight excluding hydrogens is 210 g/mol. The Labute approximate surface area is 93.5 Å². The van der Waals surface area contributed by atoms with Crippen molar-refractivity contribution in [2.75, 3.05) is 11.9 Å². The van der Waals surface area contributed by atoms with E-state index in [9.17, 15) is 10.1 Å². The molecule has 2 N–H and O–H groups in total. The van der Waals surface area contributed by atoms with Gasteiger partial charge in [0, 0.05) is 6.54 Å². The summed E-state index contributed by atoms with van der Waals surface area (Å²) in [6.45, 7) is 2.30. The molecule has 0 radical (unpaired) electrons. The van der Waals surface area contributed by atoms with Crippen LogP contribution in [0, 0.1) is 10.1 Å². The summed E-state index contributed by atoms with van der Waals surface area (Å²) in [5.74, 6) is -0.167. The number of pyridine rings is 1. The van der Waals surface area contributed by atoms with Crippen molar-refractivity contribution in [2.45, 2.75) is 25.9 Å². The van der Waals surface area contributed by atoms with Crippen molar-refractivity contribution in [1.82, 2.24) is 4.98 Å². The average Bonchev–Trinajstić information content (AvgIpc) is 2.24. The normalized spacial score (nSPS) is 12.1. The van der Waals surface area contributed by atoms with Crippen LogP contribution in [-0.4, -0.2) is 27.7 Å². The number of nitrogens with zero attached hydrogens (tertiary/aromatic N) is 2. The number of nitro groups is 1. The van der Waals surface area contributed by atoms with Crippen LogP contribution in [0.25, 0.3) is 0 Å². The van der Waals surface area contributed by atoms with Gasteiger partial charge in [0.15, 0.2) is 0 Å². The second kappa shape index (κ2) is 6.02. The van der Waals surface area contributed by atoms with Crippen molar-refractivity contribution in [1.29, 1.82) is 0 Å². The van der Waals surface area contributed by atoms with E-state index in [1.54, 1.807) is 19.1 Å². The Kier molecular flexibility index (Phi) is 4.65. The van der Waals surface area contributed by atoms with Gasteiger partial charge in [-0.25, -0.2) is 0 Å².